The number of carbonyl (C=O) groups excluding carboxylic acids is 2. The molecule has 1 heterocycles. The number of para-hydroxylation sites is 1. The lowest BCUT2D eigenvalue weighted by Crippen LogP contribution is -2.30. The lowest BCUT2D eigenvalue weighted by atomic mass is 10.2. The van der Waals surface area contributed by atoms with Crippen LogP contribution in [0, 0.1) is 5.82 Å². The van der Waals surface area contributed by atoms with E-state index in [0.717, 1.165) is 0 Å². The number of amides is 1. The smallest absolute Gasteiger partial charge is 0.325 e. The first-order valence-electron chi connectivity index (χ1n) is 6.43. The molecule has 0 radical (unpaired) electrons. The fraction of sp³-hybridized carbons (Fsp3) is 0.133. The molecule has 1 aromatic carbocycles. The number of benzene rings is 1. The third-order valence-corrected chi connectivity index (χ3v) is 2.80. The first-order valence-corrected chi connectivity index (χ1v) is 6.43. The average Bonchev–Trinajstić information content (AvgIpc) is 2.55. The number of hydrogen-bond acceptors (Lipinski definition) is 5. The zero-order valence-corrected chi connectivity index (χ0v) is 11.8. The van der Waals surface area contributed by atoms with Gasteiger partial charge in [-0.1, -0.05) is 12.1 Å². The highest BCUT2D eigenvalue weighted by atomic mass is 19.1. The van der Waals surface area contributed by atoms with E-state index in [2.05, 4.69) is 20.4 Å². The highest BCUT2D eigenvalue weighted by Crippen LogP contribution is 2.20. The highest BCUT2D eigenvalue weighted by Gasteiger charge is 2.14. The molecular weight excluding hydrogens is 289 g/mol. The number of aromatic nitrogens is 1. The van der Waals surface area contributed by atoms with Crippen LogP contribution in [0.1, 0.15) is 10.4 Å². The van der Waals surface area contributed by atoms with Crippen molar-refractivity contribution in [2.24, 2.45) is 0 Å². The Labute approximate surface area is 126 Å². The number of hydrogen-bond donors (Lipinski definition) is 2. The monoisotopic (exact) mass is 303 g/mol. The average molecular weight is 303 g/mol. The third-order valence-electron chi connectivity index (χ3n) is 2.80. The molecule has 22 heavy (non-hydrogen) atoms. The van der Waals surface area contributed by atoms with Gasteiger partial charge in [0.15, 0.2) is 0 Å². The van der Waals surface area contributed by atoms with Crippen LogP contribution in [0.4, 0.5) is 15.9 Å². The standard InChI is InChI=1S/C15H14FN3O3/c1-22-13(20)9-18-15(21)10-5-4-8-17-14(10)19-12-7-3-2-6-11(12)16/h2-8H,9H2,1H3,(H,17,19)(H,18,21). The fourth-order valence-corrected chi connectivity index (χ4v) is 1.70. The molecule has 2 aromatic rings. The number of anilines is 2. The normalized spacial score (nSPS) is 9.91. The molecule has 6 nitrogen and oxygen atoms in total. The molecular formula is C15H14FN3O3. The Morgan fingerprint density at radius 1 is 1.23 bits per heavy atom. The van der Waals surface area contributed by atoms with Gasteiger partial charge in [0, 0.05) is 6.20 Å². The zero-order valence-electron chi connectivity index (χ0n) is 11.8. The summed E-state index contributed by atoms with van der Waals surface area (Å²) in [4.78, 5) is 27.1. The van der Waals surface area contributed by atoms with Crippen molar-refractivity contribution in [1.82, 2.24) is 10.3 Å². The van der Waals surface area contributed by atoms with Crippen molar-refractivity contribution in [3.63, 3.8) is 0 Å². The molecule has 0 aliphatic rings. The maximum atomic E-state index is 13.7. The minimum absolute atomic E-state index is 0.189. The maximum absolute atomic E-state index is 13.7. The van der Waals surface area contributed by atoms with E-state index in [1.807, 2.05) is 0 Å². The second-order valence-electron chi connectivity index (χ2n) is 4.26. The predicted molar refractivity (Wildman–Crippen MR) is 78.3 cm³/mol. The Hall–Kier alpha value is -2.96. The molecule has 7 heteroatoms. The Kier molecular flexibility index (Phi) is 5.02. The number of rotatable bonds is 5. The minimum Gasteiger partial charge on any atom is -0.468 e. The maximum Gasteiger partial charge on any atom is 0.325 e. The van der Waals surface area contributed by atoms with Crippen molar-refractivity contribution >= 4 is 23.4 Å². The quantitative estimate of drug-likeness (QED) is 0.824. The zero-order chi connectivity index (χ0) is 15.9. The fourth-order valence-electron chi connectivity index (χ4n) is 1.70. The number of esters is 1. The van der Waals surface area contributed by atoms with Gasteiger partial charge < -0.3 is 15.4 Å². The lowest BCUT2D eigenvalue weighted by Gasteiger charge is -2.11. The van der Waals surface area contributed by atoms with Gasteiger partial charge in [-0.05, 0) is 24.3 Å². The van der Waals surface area contributed by atoms with Crippen molar-refractivity contribution in [3.05, 3.63) is 54.0 Å². The molecule has 1 amide bonds. The van der Waals surface area contributed by atoms with Gasteiger partial charge >= 0.3 is 5.97 Å². The molecule has 0 aliphatic heterocycles. The van der Waals surface area contributed by atoms with Crippen molar-refractivity contribution in [1.29, 1.82) is 0 Å². The topological polar surface area (TPSA) is 80.3 Å². The van der Waals surface area contributed by atoms with Gasteiger partial charge in [-0.2, -0.15) is 0 Å². The van der Waals surface area contributed by atoms with Crippen LogP contribution >= 0.6 is 0 Å². The van der Waals surface area contributed by atoms with Crippen LogP contribution in [0.5, 0.6) is 0 Å². The summed E-state index contributed by atoms with van der Waals surface area (Å²) in [5, 5.41) is 5.16. The summed E-state index contributed by atoms with van der Waals surface area (Å²) in [5.74, 6) is -1.36. The highest BCUT2D eigenvalue weighted by molar-refractivity contribution is 6.00. The molecule has 2 rings (SSSR count). The molecule has 0 saturated heterocycles. The van der Waals surface area contributed by atoms with E-state index in [1.54, 1.807) is 18.2 Å². The molecule has 0 aliphatic carbocycles. The van der Waals surface area contributed by atoms with Gasteiger partial charge in [0.2, 0.25) is 0 Å². The van der Waals surface area contributed by atoms with Gasteiger partial charge in [0.25, 0.3) is 5.91 Å². The van der Waals surface area contributed by atoms with E-state index >= 15 is 0 Å². The second kappa shape index (κ2) is 7.16. The Morgan fingerprint density at radius 2 is 2.00 bits per heavy atom. The van der Waals surface area contributed by atoms with Crippen molar-refractivity contribution in [2.45, 2.75) is 0 Å². The lowest BCUT2D eigenvalue weighted by molar-refractivity contribution is -0.139. The van der Waals surface area contributed by atoms with E-state index in [0.29, 0.717) is 0 Å². The summed E-state index contributed by atoms with van der Waals surface area (Å²) in [7, 11) is 1.23. The van der Waals surface area contributed by atoms with Crippen LogP contribution in [0.3, 0.4) is 0 Å². The van der Waals surface area contributed by atoms with E-state index in [9.17, 15) is 14.0 Å². The number of methoxy groups -OCH3 is 1. The first kappa shape index (κ1) is 15.4. The van der Waals surface area contributed by atoms with Crippen LogP contribution in [-0.4, -0.2) is 30.5 Å². The molecule has 0 saturated carbocycles. The Balaban J connectivity index is 2.18. The molecule has 0 bridgehead atoms. The SMILES string of the molecule is COC(=O)CNC(=O)c1cccnc1Nc1ccccc1F. The van der Waals surface area contributed by atoms with Crippen molar-refractivity contribution in [2.75, 3.05) is 19.0 Å². The molecule has 2 N–H and O–H groups in total. The van der Waals surface area contributed by atoms with Crippen LogP contribution in [0.25, 0.3) is 0 Å². The van der Waals surface area contributed by atoms with Crippen LogP contribution in [-0.2, 0) is 9.53 Å². The third kappa shape index (κ3) is 3.78. The van der Waals surface area contributed by atoms with Gasteiger partial charge in [-0.15, -0.1) is 0 Å². The summed E-state index contributed by atoms with van der Waals surface area (Å²) < 4.78 is 18.1. The number of ether oxygens (including phenoxy) is 1. The number of carbonyl (C=O) groups is 2. The van der Waals surface area contributed by atoms with Crippen molar-refractivity contribution in [3.8, 4) is 0 Å². The Morgan fingerprint density at radius 3 is 2.73 bits per heavy atom. The van der Waals surface area contributed by atoms with E-state index in [1.165, 1.54) is 31.5 Å². The summed E-state index contributed by atoms with van der Waals surface area (Å²) in [5.41, 5.74) is 0.387. The van der Waals surface area contributed by atoms with E-state index in [-0.39, 0.29) is 23.6 Å². The van der Waals surface area contributed by atoms with Gasteiger partial charge in [-0.25, -0.2) is 9.37 Å². The van der Waals surface area contributed by atoms with Gasteiger partial charge in [0.05, 0.1) is 18.4 Å². The summed E-state index contributed by atoms with van der Waals surface area (Å²) >= 11 is 0. The summed E-state index contributed by atoms with van der Waals surface area (Å²) in [6.45, 7) is -0.261. The number of nitrogens with zero attached hydrogens (tertiary/aromatic N) is 1. The number of nitrogens with one attached hydrogen (secondary N) is 2. The van der Waals surface area contributed by atoms with E-state index in [4.69, 9.17) is 0 Å². The van der Waals surface area contributed by atoms with Crippen LogP contribution < -0.4 is 10.6 Å². The molecule has 0 fully saturated rings. The number of pyridine rings is 1. The van der Waals surface area contributed by atoms with E-state index < -0.39 is 17.7 Å². The van der Waals surface area contributed by atoms with Crippen LogP contribution in [0.2, 0.25) is 0 Å². The second-order valence-corrected chi connectivity index (χ2v) is 4.26. The first-order chi connectivity index (χ1) is 10.6. The van der Waals surface area contributed by atoms with Gasteiger partial charge in [-0.3, -0.25) is 9.59 Å². The molecule has 0 unspecified atom stereocenters. The van der Waals surface area contributed by atoms with Crippen molar-refractivity contribution < 1.29 is 18.7 Å². The minimum atomic E-state index is -0.569. The molecule has 1 aromatic heterocycles. The summed E-state index contributed by atoms with van der Waals surface area (Å²) in [6.07, 6.45) is 1.47. The largest absolute Gasteiger partial charge is 0.468 e. The predicted octanol–water partition coefficient (Wildman–Crippen LogP) is 1.87. The summed E-state index contributed by atoms with van der Waals surface area (Å²) in [6, 6.07) is 9.12. The molecule has 114 valence electrons. The Bertz CT molecular complexity index is 691. The van der Waals surface area contributed by atoms with Crippen LogP contribution in [0.15, 0.2) is 42.6 Å². The van der Waals surface area contributed by atoms with Gasteiger partial charge in [0.1, 0.15) is 18.2 Å². The molecule has 0 spiro atoms. The molecule has 0 atom stereocenters. The number of halogens is 1.